The maximum Gasteiger partial charge on any atom is 0.311 e. The van der Waals surface area contributed by atoms with Crippen molar-refractivity contribution in [3.05, 3.63) is 36.0 Å². The summed E-state index contributed by atoms with van der Waals surface area (Å²) in [4.78, 5) is 30.0. The number of amides is 1. The lowest BCUT2D eigenvalue weighted by atomic mass is 9.74. The first-order valence-corrected chi connectivity index (χ1v) is 9.17. The highest BCUT2D eigenvalue weighted by molar-refractivity contribution is 5.92. The number of hydrogen-bond donors (Lipinski definition) is 2. The molecule has 2 N–H and O–H groups in total. The minimum absolute atomic E-state index is 0.0319. The Morgan fingerprint density at radius 3 is 2.96 bits per heavy atom. The van der Waals surface area contributed by atoms with Gasteiger partial charge in [-0.1, -0.05) is 6.07 Å². The molecule has 2 saturated heterocycles. The van der Waals surface area contributed by atoms with Crippen LogP contribution in [0.3, 0.4) is 0 Å². The molecule has 7 nitrogen and oxygen atoms in total. The average Bonchev–Trinajstić information content (AvgIpc) is 3.00. The van der Waals surface area contributed by atoms with Crippen molar-refractivity contribution in [1.82, 2.24) is 9.88 Å². The first-order chi connectivity index (χ1) is 13.0. The van der Waals surface area contributed by atoms with Crippen molar-refractivity contribution in [3.8, 4) is 0 Å². The third-order valence-corrected chi connectivity index (χ3v) is 5.66. The summed E-state index contributed by atoms with van der Waals surface area (Å²) in [6.07, 6.45) is 0.570. The van der Waals surface area contributed by atoms with Gasteiger partial charge in [0.25, 0.3) is 0 Å². The predicted molar refractivity (Wildman–Crippen MR) is 100 cm³/mol. The lowest BCUT2D eigenvalue weighted by Gasteiger charge is -2.34. The number of carbonyl (C=O) groups excluding carboxylic acids is 1. The van der Waals surface area contributed by atoms with E-state index < -0.39 is 11.4 Å². The number of carboxylic acids is 1. The van der Waals surface area contributed by atoms with Crippen LogP contribution < -0.4 is 5.32 Å². The number of nitrogens with zero attached hydrogens (tertiary/aromatic N) is 2. The minimum Gasteiger partial charge on any atom is -0.481 e. The zero-order valence-corrected chi connectivity index (χ0v) is 15.3. The third-order valence-electron chi connectivity index (χ3n) is 5.66. The Labute approximate surface area is 157 Å². The second-order valence-electron chi connectivity index (χ2n) is 7.54. The number of carboxylic acid groups (broad SMARTS) is 1. The molecule has 4 rings (SSSR count). The average molecular weight is 369 g/mol. The van der Waals surface area contributed by atoms with Gasteiger partial charge in [-0.2, -0.15) is 0 Å². The summed E-state index contributed by atoms with van der Waals surface area (Å²) in [5.74, 6) is -0.787. The van der Waals surface area contributed by atoms with Crippen LogP contribution in [0.4, 0.5) is 5.69 Å². The first-order valence-electron chi connectivity index (χ1n) is 9.17. The highest BCUT2D eigenvalue weighted by atomic mass is 16.5. The van der Waals surface area contributed by atoms with Crippen LogP contribution in [0.1, 0.15) is 19.0 Å². The Hall–Kier alpha value is -2.51. The number of rotatable bonds is 4. The van der Waals surface area contributed by atoms with Crippen molar-refractivity contribution in [2.45, 2.75) is 19.9 Å². The van der Waals surface area contributed by atoms with E-state index in [1.54, 1.807) is 0 Å². The van der Waals surface area contributed by atoms with Gasteiger partial charge in [0.05, 0.1) is 23.2 Å². The van der Waals surface area contributed by atoms with Crippen LogP contribution >= 0.6 is 0 Å². The van der Waals surface area contributed by atoms with Crippen LogP contribution in [0.5, 0.6) is 0 Å². The SMILES string of the molecule is CC(=O)Nc1ccc2nc(CN3C[C@@H]4COCC[C@]4(C(=O)O)C3)ccc2c1. The van der Waals surface area contributed by atoms with Crippen molar-refractivity contribution < 1.29 is 19.4 Å². The molecule has 1 amide bonds. The number of ether oxygens (including phenoxy) is 1. The Balaban J connectivity index is 1.52. The van der Waals surface area contributed by atoms with Gasteiger partial charge in [-0.3, -0.25) is 19.5 Å². The van der Waals surface area contributed by atoms with Crippen molar-refractivity contribution in [3.63, 3.8) is 0 Å². The van der Waals surface area contributed by atoms with E-state index in [4.69, 9.17) is 9.72 Å². The Bertz CT molecular complexity index is 900. The summed E-state index contributed by atoms with van der Waals surface area (Å²) in [6.45, 7) is 4.38. The third kappa shape index (κ3) is 3.40. The van der Waals surface area contributed by atoms with E-state index in [0.717, 1.165) is 22.3 Å². The summed E-state index contributed by atoms with van der Waals surface area (Å²) < 4.78 is 5.52. The molecule has 27 heavy (non-hydrogen) atoms. The quantitative estimate of drug-likeness (QED) is 0.858. The molecule has 2 atom stereocenters. The van der Waals surface area contributed by atoms with E-state index in [1.807, 2.05) is 30.3 Å². The van der Waals surface area contributed by atoms with E-state index in [9.17, 15) is 14.7 Å². The molecule has 7 heteroatoms. The topological polar surface area (TPSA) is 91.8 Å². The fourth-order valence-corrected chi connectivity index (χ4v) is 4.29. The predicted octanol–water partition coefficient (Wildman–Crippen LogP) is 2.12. The number of benzene rings is 1. The number of carbonyl (C=O) groups is 2. The van der Waals surface area contributed by atoms with E-state index in [0.29, 0.717) is 39.3 Å². The van der Waals surface area contributed by atoms with E-state index in [2.05, 4.69) is 10.2 Å². The largest absolute Gasteiger partial charge is 0.481 e. The molecule has 2 aromatic rings. The normalized spacial score (nSPS) is 25.3. The zero-order chi connectivity index (χ0) is 19.0. The van der Waals surface area contributed by atoms with Gasteiger partial charge < -0.3 is 15.2 Å². The highest BCUT2D eigenvalue weighted by Crippen LogP contribution is 2.42. The zero-order valence-electron chi connectivity index (χ0n) is 15.3. The van der Waals surface area contributed by atoms with Crippen LogP contribution in [-0.4, -0.2) is 53.2 Å². The smallest absolute Gasteiger partial charge is 0.311 e. The van der Waals surface area contributed by atoms with Crippen LogP contribution in [0.15, 0.2) is 30.3 Å². The first kappa shape index (κ1) is 17.9. The number of aromatic nitrogens is 1. The molecule has 2 aliphatic rings. The summed E-state index contributed by atoms with van der Waals surface area (Å²) in [5, 5.41) is 13.5. The maximum atomic E-state index is 11.9. The van der Waals surface area contributed by atoms with Gasteiger partial charge in [0.2, 0.25) is 5.91 Å². The van der Waals surface area contributed by atoms with Gasteiger partial charge in [0.1, 0.15) is 0 Å². The Morgan fingerprint density at radius 2 is 2.22 bits per heavy atom. The number of nitrogens with one attached hydrogen (secondary N) is 1. The number of likely N-dealkylation sites (tertiary alicyclic amines) is 1. The number of pyridine rings is 1. The number of anilines is 1. The number of hydrogen-bond acceptors (Lipinski definition) is 5. The van der Waals surface area contributed by atoms with Gasteiger partial charge in [-0.05, 0) is 30.7 Å². The molecule has 0 saturated carbocycles. The molecule has 1 aromatic carbocycles. The van der Waals surface area contributed by atoms with Gasteiger partial charge >= 0.3 is 5.97 Å². The summed E-state index contributed by atoms with van der Waals surface area (Å²) in [6, 6.07) is 9.57. The second kappa shape index (κ2) is 6.90. The fraction of sp³-hybridized carbons (Fsp3) is 0.450. The minimum atomic E-state index is -0.713. The Morgan fingerprint density at radius 1 is 1.37 bits per heavy atom. The van der Waals surface area contributed by atoms with Crippen LogP contribution in [0.25, 0.3) is 10.9 Å². The summed E-state index contributed by atoms with van der Waals surface area (Å²) in [7, 11) is 0. The number of fused-ring (bicyclic) bond motifs is 2. The van der Waals surface area contributed by atoms with E-state index in [1.165, 1.54) is 6.92 Å². The van der Waals surface area contributed by atoms with Gasteiger partial charge in [0.15, 0.2) is 0 Å². The molecule has 0 unspecified atom stereocenters. The molecule has 142 valence electrons. The van der Waals surface area contributed by atoms with E-state index >= 15 is 0 Å². The van der Waals surface area contributed by atoms with Gasteiger partial charge in [0, 0.05) is 50.2 Å². The molecule has 0 bridgehead atoms. The van der Waals surface area contributed by atoms with E-state index in [-0.39, 0.29) is 11.8 Å². The monoisotopic (exact) mass is 369 g/mol. The standard InChI is InChI=1S/C20H23N3O4/c1-13(24)21-16-4-5-18-14(8-16)2-3-17(22-18)10-23-9-15-11-27-7-6-20(15,12-23)19(25)26/h2-5,8,15H,6-7,9-12H2,1H3,(H,21,24)(H,25,26)/t15-,20+/m1/s1. The molecule has 2 aliphatic heterocycles. The maximum absolute atomic E-state index is 11.9. The fourth-order valence-electron chi connectivity index (χ4n) is 4.29. The van der Waals surface area contributed by atoms with Crippen LogP contribution in [0.2, 0.25) is 0 Å². The lowest BCUT2D eigenvalue weighted by molar-refractivity contribution is -0.157. The molecule has 0 spiro atoms. The summed E-state index contributed by atoms with van der Waals surface area (Å²) >= 11 is 0. The Kier molecular flexibility index (Phi) is 4.57. The second-order valence-corrected chi connectivity index (χ2v) is 7.54. The highest BCUT2D eigenvalue weighted by Gasteiger charge is 2.53. The lowest BCUT2D eigenvalue weighted by Crippen LogP contribution is -2.44. The molecule has 2 fully saturated rings. The van der Waals surface area contributed by atoms with Gasteiger partial charge in [-0.25, -0.2) is 0 Å². The molecule has 3 heterocycles. The molecular weight excluding hydrogens is 346 g/mol. The summed E-state index contributed by atoms with van der Waals surface area (Å²) in [5.41, 5.74) is 1.82. The molecule has 0 aliphatic carbocycles. The van der Waals surface area contributed by atoms with Crippen molar-refractivity contribution in [2.24, 2.45) is 11.3 Å². The number of aliphatic carboxylic acids is 1. The van der Waals surface area contributed by atoms with Gasteiger partial charge in [-0.15, -0.1) is 0 Å². The molecular formula is C20H23N3O4. The van der Waals surface area contributed by atoms with Crippen molar-refractivity contribution in [1.29, 1.82) is 0 Å². The van der Waals surface area contributed by atoms with Crippen LogP contribution in [0, 0.1) is 11.3 Å². The molecule has 1 aromatic heterocycles. The van der Waals surface area contributed by atoms with Crippen LogP contribution in [-0.2, 0) is 20.9 Å². The molecule has 0 radical (unpaired) electrons. The van der Waals surface area contributed by atoms with Crippen molar-refractivity contribution in [2.75, 3.05) is 31.6 Å². The van der Waals surface area contributed by atoms with Crippen molar-refractivity contribution >= 4 is 28.5 Å².